The molecule has 1 saturated heterocycles. The van der Waals surface area contributed by atoms with Crippen molar-refractivity contribution in [1.29, 1.82) is 0 Å². The van der Waals surface area contributed by atoms with Gasteiger partial charge in [0.25, 0.3) is 5.91 Å². The van der Waals surface area contributed by atoms with E-state index in [2.05, 4.69) is 25.0 Å². The lowest BCUT2D eigenvalue weighted by atomic mass is 9.94. The summed E-state index contributed by atoms with van der Waals surface area (Å²) >= 11 is 0. The zero-order valence-corrected chi connectivity index (χ0v) is 19.7. The Hall–Kier alpha value is -3.96. The first kappa shape index (κ1) is 22.8. The molecule has 3 N–H and O–H groups in total. The molecule has 3 atom stereocenters. The molecule has 1 aromatic carbocycles. The summed E-state index contributed by atoms with van der Waals surface area (Å²) in [6.45, 7) is 6.44. The summed E-state index contributed by atoms with van der Waals surface area (Å²) in [4.78, 5) is 32.0. The summed E-state index contributed by atoms with van der Waals surface area (Å²) in [6.07, 6.45) is 4.51. The quantitative estimate of drug-likeness (QED) is 0.451. The Morgan fingerprint density at radius 2 is 1.83 bits per heavy atom. The number of rotatable bonds is 4. The van der Waals surface area contributed by atoms with Crippen LogP contribution in [0.4, 0.5) is 5.95 Å². The zero-order chi connectivity index (χ0) is 24.7. The number of amides is 1. The van der Waals surface area contributed by atoms with E-state index in [0.29, 0.717) is 35.4 Å². The maximum atomic E-state index is 13.6. The Kier molecular flexibility index (Phi) is 5.65. The molecule has 180 valence electrons. The van der Waals surface area contributed by atoms with Crippen LogP contribution in [-0.4, -0.2) is 70.9 Å². The van der Waals surface area contributed by atoms with Gasteiger partial charge >= 0.3 is 0 Å². The molecule has 1 aliphatic rings. The Morgan fingerprint density at radius 3 is 2.51 bits per heavy atom. The highest BCUT2D eigenvalue weighted by Crippen LogP contribution is 2.31. The number of nitrogen functional groups attached to an aromatic ring is 1. The molecule has 1 fully saturated rings. The summed E-state index contributed by atoms with van der Waals surface area (Å²) in [7, 11) is 0. The highest BCUT2D eigenvalue weighted by atomic mass is 16.5. The second-order valence-corrected chi connectivity index (χ2v) is 8.88. The van der Waals surface area contributed by atoms with Crippen molar-refractivity contribution in [2.45, 2.75) is 38.6 Å². The molecule has 11 heteroatoms. The second kappa shape index (κ2) is 8.67. The van der Waals surface area contributed by atoms with Crippen molar-refractivity contribution in [3.05, 3.63) is 66.0 Å². The lowest BCUT2D eigenvalue weighted by molar-refractivity contribution is -0.0587. The van der Waals surface area contributed by atoms with Crippen LogP contribution in [0.5, 0.6) is 0 Å². The molecular weight excluding hydrogens is 448 g/mol. The minimum atomic E-state index is -1.48. The highest BCUT2D eigenvalue weighted by molar-refractivity contribution is 6.05. The summed E-state index contributed by atoms with van der Waals surface area (Å²) in [6, 6.07) is 8.62. The number of nitrogens with zero attached hydrogens (tertiary/aromatic N) is 7. The van der Waals surface area contributed by atoms with E-state index in [1.165, 1.54) is 6.20 Å². The van der Waals surface area contributed by atoms with Gasteiger partial charge in [0.15, 0.2) is 17.3 Å². The number of fused-ring (bicyclic) bond motifs is 1. The zero-order valence-electron chi connectivity index (χ0n) is 19.7. The summed E-state index contributed by atoms with van der Waals surface area (Å²) in [5.41, 5.74) is 5.73. The van der Waals surface area contributed by atoms with Crippen molar-refractivity contribution in [3.8, 4) is 5.82 Å². The van der Waals surface area contributed by atoms with Crippen LogP contribution < -0.4 is 5.73 Å². The highest BCUT2D eigenvalue weighted by Gasteiger charge is 2.32. The van der Waals surface area contributed by atoms with Gasteiger partial charge in [0.2, 0.25) is 5.95 Å². The number of nitrogens with two attached hydrogens (primary N) is 1. The van der Waals surface area contributed by atoms with Crippen molar-refractivity contribution in [2.75, 3.05) is 18.8 Å². The fourth-order valence-corrected chi connectivity index (χ4v) is 4.41. The van der Waals surface area contributed by atoms with E-state index in [-0.39, 0.29) is 35.6 Å². The molecule has 0 bridgehead atoms. The smallest absolute Gasteiger partial charge is 0.275 e. The predicted molar refractivity (Wildman–Crippen MR) is 128 cm³/mol. The van der Waals surface area contributed by atoms with E-state index in [1.54, 1.807) is 59.2 Å². The Bertz CT molecular complexity index is 1380. The van der Waals surface area contributed by atoms with E-state index in [0.717, 1.165) is 0 Å². The van der Waals surface area contributed by atoms with Crippen molar-refractivity contribution in [1.82, 2.24) is 34.6 Å². The summed E-state index contributed by atoms with van der Waals surface area (Å²) < 4.78 is 7.32. The molecule has 35 heavy (non-hydrogen) atoms. The normalized spacial score (nSPS) is 20.1. The largest absolute Gasteiger partial charge is 0.377 e. The Balaban J connectivity index is 1.66. The van der Waals surface area contributed by atoms with Gasteiger partial charge in [-0.25, -0.2) is 19.6 Å². The third kappa shape index (κ3) is 4.19. The molecule has 1 aliphatic heterocycles. The molecule has 3 unspecified atom stereocenters. The van der Waals surface area contributed by atoms with Gasteiger partial charge < -0.3 is 20.5 Å². The lowest BCUT2D eigenvalue weighted by Gasteiger charge is -2.35. The Labute approximate surface area is 201 Å². The predicted octanol–water partition coefficient (Wildman–Crippen LogP) is 1.69. The summed E-state index contributed by atoms with van der Waals surface area (Å²) in [5, 5.41) is 16.6. The first-order valence-corrected chi connectivity index (χ1v) is 11.3. The third-order valence-corrected chi connectivity index (χ3v) is 6.03. The molecule has 0 aliphatic carbocycles. The number of ether oxygens (including phenoxy) is 1. The van der Waals surface area contributed by atoms with Crippen molar-refractivity contribution in [3.63, 3.8) is 0 Å². The molecule has 0 saturated carbocycles. The maximum absolute atomic E-state index is 13.6. The van der Waals surface area contributed by atoms with Crippen molar-refractivity contribution < 1.29 is 14.6 Å². The minimum absolute atomic E-state index is 0.0784. The van der Waals surface area contributed by atoms with Gasteiger partial charge in [0.05, 0.1) is 17.7 Å². The van der Waals surface area contributed by atoms with Gasteiger partial charge in [0.1, 0.15) is 5.60 Å². The van der Waals surface area contributed by atoms with Crippen LogP contribution in [0.25, 0.3) is 16.7 Å². The van der Waals surface area contributed by atoms with Crippen molar-refractivity contribution >= 4 is 22.8 Å². The van der Waals surface area contributed by atoms with Gasteiger partial charge in [-0.05, 0) is 44.5 Å². The molecular formula is C24H26N8O3. The van der Waals surface area contributed by atoms with Gasteiger partial charge in [0, 0.05) is 43.1 Å². The first-order valence-electron chi connectivity index (χ1n) is 11.3. The number of aliphatic hydroxyl groups is 1. The second-order valence-electron chi connectivity index (χ2n) is 8.88. The lowest BCUT2D eigenvalue weighted by Crippen LogP contribution is -2.48. The molecule has 0 radical (unpaired) electrons. The molecule has 11 nitrogen and oxygen atoms in total. The topological polar surface area (TPSA) is 145 Å². The van der Waals surface area contributed by atoms with Gasteiger partial charge in [-0.2, -0.15) is 10.1 Å². The van der Waals surface area contributed by atoms with Crippen LogP contribution in [0, 0.1) is 0 Å². The average Bonchev–Trinajstić information content (AvgIpc) is 3.22. The van der Waals surface area contributed by atoms with Crippen LogP contribution in [-0.2, 0) is 10.3 Å². The number of morpholine rings is 1. The number of aromatic nitrogens is 6. The number of carbonyl (C=O) groups is 1. The number of anilines is 1. The van der Waals surface area contributed by atoms with Crippen LogP contribution in [0.15, 0.2) is 48.9 Å². The molecule has 4 aromatic rings. The number of hydrogen-bond donors (Lipinski definition) is 2. The molecule has 5 rings (SSSR count). The minimum Gasteiger partial charge on any atom is -0.377 e. The van der Waals surface area contributed by atoms with E-state index < -0.39 is 5.60 Å². The van der Waals surface area contributed by atoms with Crippen molar-refractivity contribution in [2.24, 2.45) is 0 Å². The molecule has 4 heterocycles. The standard InChI is InChI=1S/C24H26N8O3/c1-14-12-31(13-15(2)35-14)21(33)20-17-6-5-16(24(3,34)22-26-8-4-9-27-22)11-18(17)32(30-20)19-7-10-28-23(25)29-19/h4-11,14-15,34H,12-13H2,1-3H3,(H2,25,28,29). The van der Waals surface area contributed by atoms with Gasteiger partial charge in [-0.15, -0.1) is 0 Å². The fourth-order valence-electron chi connectivity index (χ4n) is 4.41. The molecule has 1 amide bonds. The third-order valence-electron chi connectivity index (χ3n) is 6.03. The maximum Gasteiger partial charge on any atom is 0.275 e. The molecule has 3 aromatic heterocycles. The average molecular weight is 475 g/mol. The van der Waals surface area contributed by atoms with Gasteiger partial charge in [-0.3, -0.25) is 4.79 Å². The number of carbonyl (C=O) groups excluding carboxylic acids is 1. The SMILES string of the molecule is CC1CN(C(=O)c2nn(-c3ccnc(N)n3)c3cc(C(C)(O)c4ncccn4)ccc23)CC(C)O1. The van der Waals surface area contributed by atoms with E-state index in [1.807, 2.05) is 13.8 Å². The van der Waals surface area contributed by atoms with Crippen LogP contribution in [0.3, 0.4) is 0 Å². The Morgan fingerprint density at radius 1 is 1.11 bits per heavy atom. The number of benzene rings is 1. The van der Waals surface area contributed by atoms with E-state index >= 15 is 0 Å². The fraction of sp³-hybridized carbons (Fsp3) is 0.333. The van der Waals surface area contributed by atoms with Crippen LogP contribution >= 0.6 is 0 Å². The van der Waals surface area contributed by atoms with E-state index in [4.69, 9.17) is 10.5 Å². The van der Waals surface area contributed by atoms with Crippen LogP contribution in [0.2, 0.25) is 0 Å². The first-order chi connectivity index (χ1) is 16.7. The van der Waals surface area contributed by atoms with E-state index in [9.17, 15) is 9.90 Å². The number of hydrogen-bond acceptors (Lipinski definition) is 9. The summed E-state index contributed by atoms with van der Waals surface area (Å²) in [5.74, 6) is 0.529. The van der Waals surface area contributed by atoms with Gasteiger partial charge in [-0.1, -0.05) is 6.07 Å². The molecule has 0 spiro atoms. The van der Waals surface area contributed by atoms with Crippen LogP contribution in [0.1, 0.15) is 42.6 Å². The monoisotopic (exact) mass is 474 g/mol.